The number of hydrogen-bond acceptors (Lipinski definition) is 2. The van der Waals surface area contributed by atoms with E-state index in [4.69, 9.17) is 0 Å². The highest BCUT2D eigenvalue weighted by Crippen LogP contribution is 2.13. The number of nitrogens with zero attached hydrogens (tertiary/aromatic N) is 1. The Bertz CT molecular complexity index is 171. The van der Waals surface area contributed by atoms with Crippen LogP contribution in [0.1, 0.15) is 46.0 Å². The summed E-state index contributed by atoms with van der Waals surface area (Å²) in [7, 11) is 3.20. The third-order valence-electron chi connectivity index (χ3n) is 2.71. The molecule has 0 bridgehead atoms. The molecule has 0 rings (SSSR count). The maximum absolute atomic E-state index is 11.0. The average Bonchev–Trinajstić information content (AvgIpc) is 2.23. The summed E-state index contributed by atoms with van der Waals surface area (Å²) in [4.78, 5) is 12.7. The summed E-state index contributed by atoms with van der Waals surface area (Å²) in [6, 6.07) is 0. The highest BCUT2D eigenvalue weighted by atomic mass is 16.5. The second-order valence-electron chi connectivity index (χ2n) is 4.28. The summed E-state index contributed by atoms with van der Waals surface area (Å²) >= 11 is 0. The molecule has 0 fully saturated rings. The molecule has 0 saturated heterocycles. The molecule has 3 nitrogen and oxygen atoms in total. The molecule has 0 aromatic rings. The molecule has 15 heavy (non-hydrogen) atoms. The van der Waals surface area contributed by atoms with E-state index in [1.54, 1.807) is 11.9 Å². The predicted molar refractivity (Wildman–Crippen MR) is 63.0 cm³/mol. The van der Waals surface area contributed by atoms with Crippen LogP contribution in [0.5, 0.6) is 0 Å². The number of rotatable bonds is 7. The van der Waals surface area contributed by atoms with Gasteiger partial charge in [0, 0.05) is 13.6 Å². The fourth-order valence-corrected chi connectivity index (χ4v) is 1.73. The molecule has 0 aliphatic rings. The molecule has 0 aliphatic heterocycles. The third kappa shape index (κ3) is 7.23. The summed E-state index contributed by atoms with van der Waals surface area (Å²) in [6.07, 6.45) is 5.87. The zero-order valence-electron chi connectivity index (χ0n) is 10.6. The van der Waals surface area contributed by atoms with E-state index in [0.717, 1.165) is 18.9 Å². The van der Waals surface area contributed by atoms with E-state index < -0.39 is 0 Å². The highest BCUT2D eigenvalue weighted by Gasteiger charge is 2.07. The molecule has 0 aromatic carbocycles. The predicted octanol–water partition coefficient (Wildman–Crippen LogP) is 3.29. The van der Waals surface area contributed by atoms with Crippen LogP contribution in [-0.4, -0.2) is 31.7 Å². The first-order chi connectivity index (χ1) is 7.11. The zero-order chi connectivity index (χ0) is 11.7. The van der Waals surface area contributed by atoms with Gasteiger partial charge in [0.05, 0.1) is 7.11 Å². The van der Waals surface area contributed by atoms with Gasteiger partial charge in [-0.2, -0.15) is 0 Å². The monoisotopic (exact) mass is 215 g/mol. The molecule has 1 unspecified atom stereocenters. The van der Waals surface area contributed by atoms with Crippen molar-refractivity contribution in [2.75, 3.05) is 20.7 Å². The first-order valence-electron chi connectivity index (χ1n) is 5.90. The van der Waals surface area contributed by atoms with E-state index in [-0.39, 0.29) is 6.09 Å². The number of methoxy groups -OCH3 is 1. The smallest absolute Gasteiger partial charge is 0.409 e. The maximum atomic E-state index is 11.0. The SMILES string of the molecule is CCCC(C)CCCCN(C)C(=O)OC. The Hall–Kier alpha value is -0.730. The van der Waals surface area contributed by atoms with Crippen molar-refractivity contribution in [3.63, 3.8) is 0 Å². The fourth-order valence-electron chi connectivity index (χ4n) is 1.73. The normalized spacial score (nSPS) is 12.3. The average molecular weight is 215 g/mol. The van der Waals surface area contributed by atoms with Crippen LogP contribution in [0.3, 0.4) is 0 Å². The molecule has 0 heterocycles. The second-order valence-corrected chi connectivity index (χ2v) is 4.28. The van der Waals surface area contributed by atoms with Crippen LogP contribution >= 0.6 is 0 Å². The van der Waals surface area contributed by atoms with E-state index in [2.05, 4.69) is 18.6 Å². The topological polar surface area (TPSA) is 29.5 Å². The zero-order valence-corrected chi connectivity index (χ0v) is 10.6. The van der Waals surface area contributed by atoms with Gasteiger partial charge >= 0.3 is 6.09 Å². The Morgan fingerprint density at radius 2 is 2.00 bits per heavy atom. The minimum Gasteiger partial charge on any atom is -0.453 e. The van der Waals surface area contributed by atoms with E-state index >= 15 is 0 Å². The van der Waals surface area contributed by atoms with Gasteiger partial charge in [-0.3, -0.25) is 0 Å². The van der Waals surface area contributed by atoms with Crippen molar-refractivity contribution in [2.45, 2.75) is 46.0 Å². The Kier molecular flexibility index (Phi) is 8.15. The van der Waals surface area contributed by atoms with Gasteiger partial charge in [0.2, 0.25) is 0 Å². The minimum absolute atomic E-state index is 0.239. The summed E-state index contributed by atoms with van der Waals surface area (Å²) in [5.74, 6) is 0.818. The summed E-state index contributed by atoms with van der Waals surface area (Å²) < 4.78 is 4.62. The fraction of sp³-hybridized carbons (Fsp3) is 0.917. The van der Waals surface area contributed by atoms with E-state index in [1.807, 2.05) is 0 Å². The third-order valence-corrected chi connectivity index (χ3v) is 2.71. The van der Waals surface area contributed by atoms with Crippen LogP contribution in [-0.2, 0) is 4.74 Å². The van der Waals surface area contributed by atoms with Crippen molar-refractivity contribution < 1.29 is 9.53 Å². The minimum atomic E-state index is -0.239. The van der Waals surface area contributed by atoms with Crippen molar-refractivity contribution in [1.82, 2.24) is 4.90 Å². The number of carbonyl (C=O) groups excluding carboxylic acids is 1. The molecule has 90 valence electrons. The molecule has 0 radical (unpaired) electrons. The van der Waals surface area contributed by atoms with Crippen molar-refractivity contribution in [3.05, 3.63) is 0 Å². The number of amides is 1. The Morgan fingerprint density at radius 3 is 2.53 bits per heavy atom. The summed E-state index contributed by atoms with van der Waals surface area (Å²) in [5, 5.41) is 0. The Balaban J connectivity index is 3.41. The largest absolute Gasteiger partial charge is 0.453 e. The lowest BCUT2D eigenvalue weighted by Crippen LogP contribution is -2.27. The van der Waals surface area contributed by atoms with Gasteiger partial charge in [0.15, 0.2) is 0 Å². The second kappa shape index (κ2) is 8.57. The van der Waals surface area contributed by atoms with Crippen LogP contribution in [0, 0.1) is 5.92 Å². The lowest BCUT2D eigenvalue weighted by atomic mass is 9.99. The molecule has 1 amide bonds. The van der Waals surface area contributed by atoms with Gasteiger partial charge in [0.25, 0.3) is 0 Å². The first-order valence-corrected chi connectivity index (χ1v) is 5.90. The van der Waals surface area contributed by atoms with Gasteiger partial charge in [-0.05, 0) is 12.3 Å². The summed E-state index contributed by atoms with van der Waals surface area (Å²) in [5.41, 5.74) is 0. The number of unbranched alkanes of at least 4 members (excludes halogenated alkanes) is 1. The number of ether oxygens (including phenoxy) is 1. The van der Waals surface area contributed by atoms with E-state index in [1.165, 1.54) is 32.8 Å². The lowest BCUT2D eigenvalue weighted by Gasteiger charge is -2.15. The van der Waals surface area contributed by atoms with Gasteiger partial charge in [-0.25, -0.2) is 4.79 Å². The van der Waals surface area contributed by atoms with Crippen LogP contribution in [0.25, 0.3) is 0 Å². The number of carbonyl (C=O) groups is 1. The van der Waals surface area contributed by atoms with Crippen LogP contribution in [0.15, 0.2) is 0 Å². The van der Waals surface area contributed by atoms with Gasteiger partial charge in [-0.1, -0.05) is 39.5 Å². The molecular weight excluding hydrogens is 190 g/mol. The van der Waals surface area contributed by atoms with Crippen molar-refractivity contribution >= 4 is 6.09 Å². The van der Waals surface area contributed by atoms with Crippen molar-refractivity contribution in [2.24, 2.45) is 5.92 Å². The molecule has 0 aromatic heterocycles. The van der Waals surface area contributed by atoms with Crippen molar-refractivity contribution in [1.29, 1.82) is 0 Å². The molecule has 1 atom stereocenters. The molecule has 0 N–H and O–H groups in total. The van der Waals surface area contributed by atoms with Gasteiger partial charge in [-0.15, -0.1) is 0 Å². The highest BCUT2D eigenvalue weighted by molar-refractivity contribution is 5.66. The van der Waals surface area contributed by atoms with Crippen LogP contribution in [0.2, 0.25) is 0 Å². The van der Waals surface area contributed by atoms with Crippen LogP contribution < -0.4 is 0 Å². The molecule has 0 saturated carbocycles. The quantitative estimate of drug-likeness (QED) is 0.610. The maximum Gasteiger partial charge on any atom is 0.409 e. The van der Waals surface area contributed by atoms with E-state index in [9.17, 15) is 4.79 Å². The molecule has 0 spiro atoms. The molecular formula is C12H25NO2. The summed E-state index contributed by atoms with van der Waals surface area (Å²) in [6.45, 7) is 5.32. The molecule has 3 heteroatoms. The molecule has 0 aliphatic carbocycles. The van der Waals surface area contributed by atoms with Gasteiger partial charge in [0.1, 0.15) is 0 Å². The van der Waals surface area contributed by atoms with Crippen molar-refractivity contribution in [3.8, 4) is 0 Å². The lowest BCUT2D eigenvalue weighted by molar-refractivity contribution is 0.132. The first kappa shape index (κ1) is 14.3. The Morgan fingerprint density at radius 1 is 1.33 bits per heavy atom. The number of hydrogen-bond donors (Lipinski definition) is 0. The van der Waals surface area contributed by atoms with Crippen LogP contribution in [0.4, 0.5) is 4.79 Å². The van der Waals surface area contributed by atoms with Gasteiger partial charge < -0.3 is 9.64 Å². The Labute approximate surface area is 93.8 Å². The standard InChI is InChI=1S/C12H25NO2/c1-5-8-11(2)9-6-7-10-13(3)12(14)15-4/h11H,5-10H2,1-4H3. The van der Waals surface area contributed by atoms with E-state index in [0.29, 0.717) is 0 Å².